The molecule has 94 valence electrons. The Kier molecular flexibility index (Phi) is 4.62. The highest BCUT2D eigenvalue weighted by Crippen LogP contribution is 2.28. The molecule has 2 atom stereocenters. The molecule has 1 aliphatic heterocycles. The van der Waals surface area contributed by atoms with Crippen LogP contribution in [0.4, 0.5) is 0 Å². The van der Waals surface area contributed by atoms with E-state index in [1.165, 1.54) is 38.5 Å². The van der Waals surface area contributed by atoms with Crippen LogP contribution in [0, 0.1) is 5.92 Å². The lowest BCUT2D eigenvalue weighted by Crippen LogP contribution is -2.46. The first-order valence-corrected chi connectivity index (χ1v) is 6.81. The van der Waals surface area contributed by atoms with Crippen molar-refractivity contribution in [2.75, 3.05) is 13.2 Å². The largest absolute Gasteiger partial charge is 0.389 e. The Hall–Kier alpha value is -0.120. The van der Waals surface area contributed by atoms with Gasteiger partial charge in [0.2, 0.25) is 0 Å². The van der Waals surface area contributed by atoms with Gasteiger partial charge >= 0.3 is 0 Å². The highest BCUT2D eigenvalue weighted by molar-refractivity contribution is 4.86. The Labute approximate surface area is 98.6 Å². The summed E-state index contributed by atoms with van der Waals surface area (Å²) in [5.74, 6) is 0.952. The van der Waals surface area contributed by atoms with Crippen LogP contribution in [-0.2, 0) is 4.74 Å². The average Bonchev–Trinajstić information content (AvgIpc) is 2.68. The summed E-state index contributed by atoms with van der Waals surface area (Å²) in [7, 11) is 0. The third-order valence-electron chi connectivity index (χ3n) is 4.04. The van der Waals surface area contributed by atoms with E-state index in [9.17, 15) is 5.11 Å². The summed E-state index contributed by atoms with van der Waals surface area (Å²) in [5.41, 5.74) is 0. The Bertz CT molecular complexity index is 202. The van der Waals surface area contributed by atoms with E-state index < -0.39 is 0 Å². The van der Waals surface area contributed by atoms with Crippen molar-refractivity contribution in [2.24, 2.45) is 5.92 Å². The Morgan fingerprint density at radius 3 is 2.50 bits per heavy atom. The molecule has 0 radical (unpaired) electrons. The first-order valence-electron chi connectivity index (χ1n) is 6.81. The van der Waals surface area contributed by atoms with Crippen LogP contribution in [-0.4, -0.2) is 36.5 Å². The van der Waals surface area contributed by atoms with Gasteiger partial charge in [-0.3, -0.25) is 0 Å². The molecule has 1 saturated carbocycles. The topological polar surface area (TPSA) is 41.5 Å². The van der Waals surface area contributed by atoms with E-state index in [1.54, 1.807) is 0 Å². The molecule has 3 nitrogen and oxygen atoms in total. The minimum absolute atomic E-state index is 0.174. The van der Waals surface area contributed by atoms with E-state index in [0.29, 0.717) is 19.3 Å². The van der Waals surface area contributed by atoms with E-state index >= 15 is 0 Å². The monoisotopic (exact) mass is 227 g/mol. The van der Waals surface area contributed by atoms with Crippen LogP contribution < -0.4 is 5.32 Å². The molecule has 1 aliphatic carbocycles. The van der Waals surface area contributed by atoms with Crippen LogP contribution in [0.3, 0.4) is 0 Å². The second kappa shape index (κ2) is 5.99. The van der Waals surface area contributed by atoms with Crippen LogP contribution in [0.1, 0.15) is 45.4 Å². The molecule has 2 rings (SSSR count). The molecule has 0 bridgehead atoms. The molecule has 0 aromatic carbocycles. The molecule has 3 heteroatoms. The van der Waals surface area contributed by atoms with Gasteiger partial charge in [0.05, 0.1) is 25.4 Å². The van der Waals surface area contributed by atoms with Gasteiger partial charge < -0.3 is 15.2 Å². The van der Waals surface area contributed by atoms with E-state index in [-0.39, 0.29) is 12.1 Å². The van der Waals surface area contributed by atoms with Crippen molar-refractivity contribution in [2.45, 2.75) is 63.6 Å². The molecule has 2 unspecified atom stereocenters. The molecule has 16 heavy (non-hydrogen) atoms. The second-order valence-corrected chi connectivity index (χ2v) is 5.38. The van der Waals surface area contributed by atoms with Gasteiger partial charge in [-0.05, 0) is 31.6 Å². The summed E-state index contributed by atoms with van der Waals surface area (Å²) in [5, 5.41) is 13.2. The summed E-state index contributed by atoms with van der Waals surface area (Å²) in [4.78, 5) is 0. The predicted octanol–water partition coefficient (Wildman–Crippen LogP) is 1.69. The summed E-state index contributed by atoms with van der Waals surface area (Å²) < 4.78 is 5.26. The number of aliphatic hydroxyl groups excluding tert-OH is 1. The summed E-state index contributed by atoms with van der Waals surface area (Å²) in [6.07, 6.45) is 7.67. The molecule has 1 saturated heterocycles. The minimum atomic E-state index is -0.298. The summed E-state index contributed by atoms with van der Waals surface area (Å²) in [6.45, 7) is 3.45. The fraction of sp³-hybridized carbons (Fsp3) is 1.00. The SMILES string of the molecule is CCCC1CCC(NC2COCC2O)CC1. The quantitative estimate of drug-likeness (QED) is 0.768. The molecule has 2 N–H and O–H groups in total. The van der Waals surface area contributed by atoms with Crippen molar-refractivity contribution < 1.29 is 9.84 Å². The van der Waals surface area contributed by atoms with Crippen LogP contribution in [0.15, 0.2) is 0 Å². The maximum absolute atomic E-state index is 9.67. The van der Waals surface area contributed by atoms with Crippen LogP contribution in [0.5, 0.6) is 0 Å². The zero-order chi connectivity index (χ0) is 11.4. The standard InChI is InChI=1S/C13H25NO2/c1-2-3-10-4-6-11(7-5-10)14-12-8-16-9-13(12)15/h10-15H,2-9H2,1H3. The first-order chi connectivity index (χ1) is 7.79. The van der Waals surface area contributed by atoms with Crippen LogP contribution >= 0.6 is 0 Å². The van der Waals surface area contributed by atoms with Gasteiger partial charge in [0.15, 0.2) is 0 Å². The summed E-state index contributed by atoms with van der Waals surface area (Å²) in [6, 6.07) is 0.780. The minimum Gasteiger partial charge on any atom is -0.389 e. The van der Waals surface area contributed by atoms with Crippen LogP contribution in [0.2, 0.25) is 0 Å². The normalized spacial score (nSPS) is 40.1. The molecule has 0 spiro atoms. The molecule has 2 fully saturated rings. The Balaban J connectivity index is 1.68. The van der Waals surface area contributed by atoms with Crippen molar-refractivity contribution >= 4 is 0 Å². The van der Waals surface area contributed by atoms with Crippen molar-refractivity contribution in [3.05, 3.63) is 0 Å². The number of rotatable bonds is 4. The molecular weight excluding hydrogens is 202 g/mol. The molecule has 0 aromatic heterocycles. The van der Waals surface area contributed by atoms with Gasteiger partial charge in [-0.25, -0.2) is 0 Å². The van der Waals surface area contributed by atoms with Gasteiger partial charge in [-0.2, -0.15) is 0 Å². The van der Waals surface area contributed by atoms with E-state index in [4.69, 9.17) is 4.74 Å². The number of ether oxygens (including phenoxy) is 1. The van der Waals surface area contributed by atoms with E-state index in [1.807, 2.05) is 0 Å². The smallest absolute Gasteiger partial charge is 0.0948 e. The molecular formula is C13H25NO2. The summed E-state index contributed by atoms with van der Waals surface area (Å²) >= 11 is 0. The van der Waals surface area contributed by atoms with E-state index in [2.05, 4.69) is 12.2 Å². The van der Waals surface area contributed by atoms with Crippen molar-refractivity contribution in [3.63, 3.8) is 0 Å². The highest BCUT2D eigenvalue weighted by atomic mass is 16.5. The average molecular weight is 227 g/mol. The lowest BCUT2D eigenvalue weighted by Gasteiger charge is -2.31. The molecule has 2 aliphatic rings. The predicted molar refractivity (Wildman–Crippen MR) is 64.4 cm³/mol. The van der Waals surface area contributed by atoms with Gasteiger partial charge in [-0.15, -0.1) is 0 Å². The maximum atomic E-state index is 9.67. The number of nitrogens with one attached hydrogen (secondary N) is 1. The van der Waals surface area contributed by atoms with Crippen molar-refractivity contribution in [1.29, 1.82) is 0 Å². The second-order valence-electron chi connectivity index (χ2n) is 5.38. The van der Waals surface area contributed by atoms with Gasteiger partial charge in [0, 0.05) is 6.04 Å². The van der Waals surface area contributed by atoms with Gasteiger partial charge in [0.25, 0.3) is 0 Å². The molecule has 1 heterocycles. The van der Waals surface area contributed by atoms with E-state index in [0.717, 1.165) is 5.92 Å². The first kappa shape index (κ1) is 12.3. The fourth-order valence-electron chi connectivity index (χ4n) is 3.03. The number of aliphatic hydroxyl groups is 1. The lowest BCUT2D eigenvalue weighted by atomic mass is 9.83. The Morgan fingerprint density at radius 2 is 1.94 bits per heavy atom. The lowest BCUT2D eigenvalue weighted by molar-refractivity contribution is 0.119. The zero-order valence-electron chi connectivity index (χ0n) is 10.3. The van der Waals surface area contributed by atoms with Crippen molar-refractivity contribution in [1.82, 2.24) is 5.32 Å². The third-order valence-corrected chi connectivity index (χ3v) is 4.04. The third kappa shape index (κ3) is 3.19. The molecule has 0 amide bonds. The fourth-order valence-corrected chi connectivity index (χ4v) is 3.03. The zero-order valence-corrected chi connectivity index (χ0v) is 10.3. The van der Waals surface area contributed by atoms with Gasteiger partial charge in [0.1, 0.15) is 0 Å². The highest BCUT2D eigenvalue weighted by Gasteiger charge is 2.29. The molecule has 0 aromatic rings. The van der Waals surface area contributed by atoms with Crippen LogP contribution in [0.25, 0.3) is 0 Å². The number of hydrogen-bond donors (Lipinski definition) is 2. The van der Waals surface area contributed by atoms with Crippen molar-refractivity contribution in [3.8, 4) is 0 Å². The van der Waals surface area contributed by atoms with Gasteiger partial charge in [-0.1, -0.05) is 19.8 Å². The number of hydrogen-bond acceptors (Lipinski definition) is 3. The maximum Gasteiger partial charge on any atom is 0.0948 e. The Morgan fingerprint density at radius 1 is 1.19 bits per heavy atom.